The molecule has 1 N–H and O–H groups in total. The lowest BCUT2D eigenvalue weighted by atomic mass is 10.0. The van der Waals surface area contributed by atoms with Gasteiger partial charge in [-0.1, -0.05) is 18.2 Å². The van der Waals surface area contributed by atoms with Crippen molar-refractivity contribution in [2.75, 3.05) is 6.61 Å². The summed E-state index contributed by atoms with van der Waals surface area (Å²) in [5, 5.41) is 8.59. The van der Waals surface area contributed by atoms with Crippen LogP contribution >= 0.6 is 0 Å². The van der Waals surface area contributed by atoms with Crippen LogP contribution in [0.4, 0.5) is 13.2 Å². The second-order valence-corrected chi connectivity index (χ2v) is 4.46. The molecule has 0 aromatic heterocycles. The van der Waals surface area contributed by atoms with Crippen LogP contribution in [-0.4, -0.2) is 29.6 Å². The minimum Gasteiger partial charge on any atom is -0.481 e. The molecule has 1 heterocycles. The highest BCUT2D eigenvalue weighted by Crippen LogP contribution is 2.30. The smallest absolute Gasteiger partial charge is 0.416 e. The summed E-state index contributed by atoms with van der Waals surface area (Å²) in [4.78, 5) is 14.5. The van der Waals surface area contributed by atoms with Gasteiger partial charge in [-0.15, -0.1) is 0 Å². The number of alkyl halides is 3. The summed E-state index contributed by atoms with van der Waals surface area (Å²) in [7, 11) is 0. The molecule has 20 heavy (non-hydrogen) atoms. The van der Waals surface area contributed by atoms with Crippen LogP contribution < -0.4 is 0 Å². The Bertz CT molecular complexity index is 540. The first-order valence-corrected chi connectivity index (χ1v) is 5.92. The van der Waals surface area contributed by atoms with Gasteiger partial charge in [0, 0.05) is 0 Å². The summed E-state index contributed by atoms with van der Waals surface area (Å²) in [6, 6.07) is 4.67. The number of aliphatic imine (C=N–C) groups is 1. The highest BCUT2D eigenvalue weighted by atomic mass is 19.4. The van der Waals surface area contributed by atoms with Crippen LogP contribution in [0.25, 0.3) is 0 Å². The molecule has 1 aromatic rings. The van der Waals surface area contributed by atoms with Crippen LogP contribution in [-0.2, 0) is 22.1 Å². The van der Waals surface area contributed by atoms with Gasteiger partial charge in [-0.2, -0.15) is 13.2 Å². The van der Waals surface area contributed by atoms with E-state index in [9.17, 15) is 18.0 Å². The Balaban J connectivity index is 2.04. The second kappa shape index (κ2) is 5.52. The van der Waals surface area contributed by atoms with Gasteiger partial charge in [-0.05, 0) is 18.1 Å². The molecule has 1 unspecified atom stereocenters. The third-order valence-corrected chi connectivity index (χ3v) is 2.80. The van der Waals surface area contributed by atoms with Crippen LogP contribution in [0.3, 0.4) is 0 Å². The minimum atomic E-state index is -4.38. The Morgan fingerprint density at radius 3 is 2.85 bits per heavy atom. The number of ether oxygens (including phenoxy) is 1. The maximum Gasteiger partial charge on any atom is 0.416 e. The van der Waals surface area contributed by atoms with Crippen molar-refractivity contribution in [3.05, 3.63) is 35.4 Å². The Kier molecular flexibility index (Phi) is 3.96. The molecular formula is C13H12F3NO3. The fraction of sp³-hybridized carbons (Fsp3) is 0.385. The summed E-state index contributed by atoms with van der Waals surface area (Å²) < 4.78 is 42.8. The predicted molar refractivity (Wildman–Crippen MR) is 64.6 cm³/mol. The van der Waals surface area contributed by atoms with E-state index in [2.05, 4.69) is 4.99 Å². The average molecular weight is 287 g/mol. The summed E-state index contributed by atoms with van der Waals surface area (Å²) in [5.41, 5.74) is -0.211. The van der Waals surface area contributed by atoms with Crippen molar-refractivity contribution < 1.29 is 27.8 Å². The molecule has 4 nitrogen and oxygen atoms in total. The number of benzene rings is 1. The number of carbonyl (C=O) groups is 1. The number of nitrogens with zero attached hydrogens (tertiary/aromatic N) is 1. The summed E-state index contributed by atoms with van der Waals surface area (Å²) >= 11 is 0. The zero-order valence-corrected chi connectivity index (χ0v) is 10.4. The molecule has 1 aliphatic rings. The van der Waals surface area contributed by atoms with Gasteiger partial charge in [0.2, 0.25) is 0 Å². The van der Waals surface area contributed by atoms with E-state index in [4.69, 9.17) is 9.84 Å². The molecule has 0 saturated heterocycles. The molecular weight excluding hydrogens is 275 g/mol. The van der Waals surface area contributed by atoms with Gasteiger partial charge >= 0.3 is 12.1 Å². The lowest BCUT2D eigenvalue weighted by Gasteiger charge is -2.10. The molecule has 0 aliphatic carbocycles. The van der Waals surface area contributed by atoms with E-state index in [1.807, 2.05) is 0 Å². The van der Waals surface area contributed by atoms with Crippen molar-refractivity contribution >= 4 is 11.9 Å². The highest BCUT2D eigenvalue weighted by molar-refractivity contribution is 5.94. The standard InChI is InChI=1S/C13H12F3NO3/c14-13(15,16)9-3-1-2-8(4-9)5-10-7-20-11(17-10)6-12(18)19/h1-4,10H,5-7H2,(H,18,19). The molecule has 7 heteroatoms. The van der Waals surface area contributed by atoms with Crippen LogP contribution in [0.1, 0.15) is 17.5 Å². The highest BCUT2D eigenvalue weighted by Gasteiger charge is 2.30. The molecule has 0 spiro atoms. The molecule has 2 rings (SSSR count). The Morgan fingerprint density at radius 1 is 1.45 bits per heavy atom. The number of aliphatic carboxylic acids is 1. The van der Waals surface area contributed by atoms with E-state index >= 15 is 0 Å². The zero-order valence-electron chi connectivity index (χ0n) is 10.4. The molecule has 108 valence electrons. The number of carboxylic acid groups (broad SMARTS) is 1. The first-order valence-electron chi connectivity index (χ1n) is 5.92. The van der Waals surface area contributed by atoms with Crippen LogP contribution in [0.15, 0.2) is 29.3 Å². The molecule has 1 atom stereocenters. The van der Waals surface area contributed by atoms with Gasteiger partial charge < -0.3 is 9.84 Å². The molecule has 0 saturated carbocycles. The van der Waals surface area contributed by atoms with E-state index in [-0.39, 0.29) is 31.4 Å². The van der Waals surface area contributed by atoms with Crippen molar-refractivity contribution in [1.82, 2.24) is 0 Å². The van der Waals surface area contributed by atoms with Crippen molar-refractivity contribution in [2.45, 2.75) is 25.1 Å². The monoisotopic (exact) mass is 287 g/mol. The molecule has 1 aromatic carbocycles. The Hall–Kier alpha value is -2.05. The van der Waals surface area contributed by atoms with E-state index in [1.54, 1.807) is 6.07 Å². The van der Waals surface area contributed by atoms with Crippen molar-refractivity contribution in [2.24, 2.45) is 4.99 Å². The zero-order chi connectivity index (χ0) is 14.8. The number of hydrogen-bond donors (Lipinski definition) is 1. The van der Waals surface area contributed by atoms with Gasteiger partial charge in [0.15, 0.2) is 5.90 Å². The number of hydrogen-bond acceptors (Lipinski definition) is 3. The van der Waals surface area contributed by atoms with Gasteiger partial charge in [-0.25, -0.2) is 4.99 Å². The molecule has 0 bridgehead atoms. The van der Waals surface area contributed by atoms with E-state index in [0.29, 0.717) is 5.56 Å². The van der Waals surface area contributed by atoms with Crippen LogP contribution in [0.2, 0.25) is 0 Å². The van der Waals surface area contributed by atoms with E-state index in [1.165, 1.54) is 6.07 Å². The van der Waals surface area contributed by atoms with Gasteiger partial charge in [0.25, 0.3) is 0 Å². The van der Waals surface area contributed by atoms with Crippen LogP contribution in [0.5, 0.6) is 0 Å². The lowest BCUT2D eigenvalue weighted by molar-refractivity contribution is -0.138. The van der Waals surface area contributed by atoms with Crippen molar-refractivity contribution in [3.8, 4) is 0 Å². The normalized spacial score (nSPS) is 18.6. The SMILES string of the molecule is O=C(O)CC1=NC(Cc2cccc(C(F)(F)F)c2)CO1. The number of rotatable bonds is 4. The number of carboxylic acids is 1. The minimum absolute atomic E-state index is 0.120. The quantitative estimate of drug-likeness (QED) is 0.925. The molecule has 0 fully saturated rings. The number of halogens is 3. The molecule has 0 radical (unpaired) electrons. The van der Waals surface area contributed by atoms with Crippen LogP contribution in [0, 0.1) is 0 Å². The third-order valence-electron chi connectivity index (χ3n) is 2.80. The predicted octanol–water partition coefficient (Wildman–Crippen LogP) is 2.52. The maximum atomic E-state index is 12.6. The van der Waals surface area contributed by atoms with Crippen molar-refractivity contribution in [1.29, 1.82) is 0 Å². The fourth-order valence-corrected chi connectivity index (χ4v) is 1.95. The molecule has 1 aliphatic heterocycles. The molecule has 0 amide bonds. The summed E-state index contributed by atoms with van der Waals surface area (Å²) in [6.07, 6.45) is -4.40. The Morgan fingerprint density at radius 2 is 2.20 bits per heavy atom. The Labute approximate surface area is 112 Å². The lowest BCUT2D eigenvalue weighted by Crippen LogP contribution is -2.11. The van der Waals surface area contributed by atoms with Gasteiger partial charge in [0.05, 0.1) is 11.6 Å². The summed E-state index contributed by atoms with van der Waals surface area (Å²) in [5.74, 6) is -0.932. The maximum absolute atomic E-state index is 12.6. The second-order valence-electron chi connectivity index (χ2n) is 4.46. The van der Waals surface area contributed by atoms with Gasteiger partial charge in [-0.3, -0.25) is 4.79 Å². The average Bonchev–Trinajstić information content (AvgIpc) is 2.75. The van der Waals surface area contributed by atoms with E-state index in [0.717, 1.165) is 12.1 Å². The third kappa shape index (κ3) is 3.72. The van der Waals surface area contributed by atoms with Crippen molar-refractivity contribution in [3.63, 3.8) is 0 Å². The van der Waals surface area contributed by atoms with E-state index < -0.39 is 17.7 Å². The van der Waals surface area contributed by atoms with Gasteiger partial charge in [0.1, 0.15) is 13.0 Å². The largest absolute Gasteiger partial charge is 0.481 e. The first-order chi connectivity index (χ1) is 9.34. The first kappa shape index (κ1) is 14.4. The fourth-order valence-electron chi connectivity index (χ4n) is 1.95. The topological polar surface area (TPSA) is 58.9 Å². The summed E-state index contributed by atoms with van der Waals surface area (Å²) in [6.45, 7) is 0.193.